The van der Waals surface area contributed by atoms with E-state index in [2.05, 4.69) is 50.0 Å². The molecule has 2 aromatic heterocycles. The number of nitrogens with one attached hydrogen (secondary N) is 1. The van der Waals surface area contributed by atoms with Crippen LogP contribution in [0.3, 0.4) is 0 Å². The minimum Gasteiger partial charge on any atom is -0.395 e. The number of fused-ring (bicyclic) bond motifs is 1. The van der Waals surface area contributed by atoms with E-state index in [9.17, 15) is 0 Å². The molecule has 8 heteroatoms. The molecule has 0 atom stereocenters. The van der Waals surface area contributed by atoms with Gasteiger partial charge in [-0.2, -0.15) is 0 Å². The van der Waals surface area contributed by atoms with Crippen LogP contribution in [0.15, 0.2) is 29.5 Å². The summed E-state index contributed by atoms with van der Waals surface area (Å²) in [5.41, 5.74) is 3.01. The number of aliphatic imine (C=N–C) groups is 1. The van der Waals surface area contributed by atoms with Gasteiger partial charge in [0, 0.05) is 61.6 Å². The van der Waals surface area contributed by atoms with Gasteiger partial charge in [-0.25, -0.2) is 9.98 Å². The van der Waals surface area contributed by atoms with Crippen LogP contribution in [-0.4, -0.2) is 78.6 Å². The molecule has 0 unspecified atom stereocenters. The van der Waals surface area contributed by atoms with Crippen molar-refractivity contribution >= 4 is 22.7 Å². The van der Waals surface area contributed by atoms with Gasteiger partial charge in [-0.3, -0.25) is 0 Å². The second kappa shape index (κ2) is 10.4. The molecule has 2 fully saturated rings. The van der Waals surface area contributed by atoms with Crippen molar-refractivity contribution in [2.45, 2.75) is 25.7 Å². The van der Waals surface area contributed by atoms with Crippen molar-refractivity contribution < 1.29 is 14.6 Å². The molecule has 0 saturated carbocycles. The van der Waals surface area contributed by atoms with Gasteiger partial charge in [-0.05, 0) is 37.3 Å². The lowest BCUT2D eigenvalue weighted by atomic mass is 9.91. The molecule has 33 heavy (non-hydrogen) atoms. The Kier molecular flexibility index (Phi) is 6.91. The summed E-state index contributed by atoms with van der Waals surface area (Å²) in [6.45, 7) is 5.57. The number of anilines is 1. The molecule has 2 N–H and O–H groups in total. The monoisotopic (exact) mass is 449 g/mol. The number of H-pyrrole nitrogens is 1. The van der Waals surface area contributed by atoms with E-state index >= 15 is 0 Å². The van der Waals surface area contributed by atoms with Crippen LogP contribution in [0.5, 0.6) is 0 Å². The first-order valence-corrected chi connectivity index (χ1v) is 11.8. The number of morpholine rings is 1. The highest BCUT2D eigenvalue weighted by atomic mass is 16.5. The fourth-order valence-corrected chi connectivity index (χ4v) is 4.64. The quantitative estimate of drug-likeness (QED) is 0.697. The van der Waals surface area contributed by atoms with Gasteiger partial charge < -0.3 is 29.4 Å². The topological polar surface area (TPSA) is 86.2 Å². The summed E-state index contributed by atoms with van der Waals surface area (Å²) in [6, 6.07) is 2.12. The molecule has 0 aliphatic carbocycles. The lowest BCUT2D eigenvalue weighted by Gasteiger charge is -2.31. The molecule has 0 amide bonds. The van der Waals surface area contributed by atoms with Crippen molar-refractivity contribution in [2.24, 2.45) is 10.9 Å². The highest BCUT2D eigenvalue weighted by Crippen LogP contribution is 2.34. The molecule has 2 saturated heterocycles. The largest absolute Gasteiger partial charge is 0.395 e. The van der Waals surface area contributed by atoms with Gasteiger partial charge in [-0.1, -0.05) is 11.8 Å². The van der Waals surface area contributed by atoms with Crippen molar-refractivity contribution in [3.63, 3.8) is 0 Å². The number of pyridine rings is 1. The number of rotatable bonds is 4. The number of aromatic nitrogens is 2. The van der Waals surface area contributed by atoms with Crippen LogP contribution in [0.25, 0.3) is 11.0 Å². The van der Waals surface area contributed by atoms with Gasteiger partial charge in [0.15, 0.2) is 0 Å². The number of aromatic amines is 1. The summed E-state index contributed by atoms with van der Waals surface area (Å²) in [6.07, 6.45) is 9.60. The Bertz CT molecular complexity index is 1080. The first-order valence-electron chi connectivity index (χ1n) is 11.8. The van der Waals surface area contributed by atoms with Crippen molar-refractivity contribution in [1.82, 2.24) is 14.9 Å². The predicted molar refractivity (Wildman–Crippen MR) is 128 cm³/mol. The number of hydrogen-bond donors (Lipinski definition) is 2. The Labute approximate surface area is 194 Å². The lowest BCUT2D eigenvalue weighted by Crippen LogP contribution is -2.41. The molecule has 174 valence electrons. The molecule has 3 aliphatic heterocycles. The minimum atomic E-state index is 0.0697. The SMILES string of the molecule is OCCC#Cc1cnc2[nH]c(N3C=CC(N4CCOCC4)=NC3)c(CC3CCOCC3)c2c1. The van der Waals surface area contributed by atoms with Crippen LogP contribution in [0, 0.1) is 17.8 Å². The Morgan fingerprint density at radius 3 is 2.73 bits per heavy atom. The number of nitrogens with zero attached hydrogens (tertiary/aromatic N) is 4. The summed E-state index contributed by atoms with van der Waals surface area (Å²) in [7, 11) is 0. The number of hydrogen-bond acceptors (Lipinski definition) is 7. The average molecular weight is 450 g/mol. The number of ether oxygens (including phenoxy) is 2. The van der Waals surface area contributed by atoms with Gasteiger partial charge >= 0.3 is 0 Å². The van der Waals surface area contributed by atoms with Gasteiger partial charge in [0.05, 0.1) is 19.8 Å². The summed E-state index contributed by atoms with van der Waals surface area (Å²) in [4.78, 5) is 17.5. The van der Waals surface area contributed by atoms with E-state index < -0.39 is 0 Å². The smallest absolute Gasteiger partial charge is 0.139 e. The molecule has 5 rings (SSSR count). The van der Waals surface area contributed by atoms with Gasteiger partial charge in [0.1, 0.15) is 24.0 Å². The second-order valence-electron chi connectivity index (χ2n) is 8.65. The zero-order chi connectivity index (χ0) is 22.5. The third kappa shape index (κ3) is 5.06. The minimum absolute atomic E-state index is 0.0697. The average Bonchev–Trinajstić information content (AvgIpc) is 3.23. The van der Waals surface area contributed by atoms with E-state index in [1.807, 2.05) is 0 Å². The predicted octanol–water partition coefficient (Wildman–Crippen LogP) is 2.29. The van der Waals surface area contributed by atoms with Crippen LogP contribution < -0.4 is 4.90 Å². The van der Waals surface area contributed by atoms with Crippen LogP contribution in [0.4, 0.5) is 5.82 Å². The van der Waals surface area contributed by atoms with E-state index in [0.717, 1.165) is 87.0 Å². The van der Waals surface area contributed by atoms with Crippen molar-refractivity contribution in [3.05, 3.63) is 35.7 Å². The lowest BCUT2D eigenvalue weighted by molar-refractivity contribution is 0.0666. The third-order valence-corrected chi connectivity index (χ3v) is 6.45. The van der Waals surface area contributed by atoms with Crippen molar-refractivity contribution in [1.29, 1.82) is 0 Å². The maximum absolute atomic E-state index is 9.03. The van der Waals surface area contributed by atoms with E-state index in [1.165, 1.54) is 5.56 Å². The molecule has 8 nitrogen and oxygen atoms in total. The zero-order valence-corrected chi connectivity index (χ0v) is 18.9. The normalized spacial score (nSPS) is 19.5. The van der Waals surface area contributed by atoms with Gasteiger partial charge in [0.25, 0.3) is 0 Å². The maximum Gasteiger partial charge on any atom is 0.139 e. The summed E-state index contributed by atoms with van der Waals surface area (Å²) < 4.78 is 11.1. The van der Waals surface area contributed by atoms with E-state index in [1.54, 1.807) is 6.20 Å². The third-order valence-electron chi connectivity index (χ3n) is 6.45. The summed E-state index contributed by atoms with van der Waals surface area (Å²) in [5.74, 6) is 8.80. The Hall–Kier alpha value is -2.86. The molecule has 3 aliphatic rings. The molecule has 0 spiro atoms. The molecule has 5 heterocycles. The standard InChI is InChI=1S/C25H31N5O3/c31-10-2-1-3-20-16-21-22(15-19-5-11-32-12-6-19)25(28-24(21)26-17-20)30-7-4-23(27-18-30)29-8-13-33-14-9-29/h4,7,16-17,19,31H,2,5-6,8-15,18H2,(H,26,28). The highest BCUT2D eigenvalue weighted by Gasteiger charge is 2.24. The van der Waals surface area contributed by atoms with E-state index in [-0.39, 0.29) is 6.61 Å². The highest BCUT2D eigenvalue weighted by molar-refractivity contribution is 5.95. The Morgan fingerprint density at radius 1 is 1.15 bits per heavy atom. The first-order chi connectivity index (χ1) is 16.3. The summed E-state index contributed by atoms with van der Waals surface area (Å²) >= 11 is 0. The number of amidine groups is 1. The molecule has 0 radical (unpaired) electrons. The van der Waals surface area contributed by atoms with Gasteiger partial charge in [0.2, 0.25) is 0 Å². The number of aliphatic hydroxyl groups is 1. The van der Waals surface area contributed by atoms with Crippen molar-refractivity contribution in [2.75, 3.05) is 57.7 Å². The maximum atomic E-state index is 9.03. The fraction of sp³-hybridized carbons (Fsp3) is 0.520. The zero-order valence-electron chi connectivity index (χ0n) is 18.9. The Morgan fingerprint density at radius 2 is 1.97 bits per heavy atom. The second-order valence-corrected chi connectivity index (χ2v) is 8.65. The van der Waals surface area contributed by atoms with Crippen LogP contribution in [0.2, 0.25) is 0 Å². The molecular formula is C25H31N5O3. The molecule has 0 aromatic carbocycles. The van der Waals surface area contributed by atoms with Crippen molar-refractivity contribution in [3.8, 4) is 11.8 Å². The molecule has 2 aromatic rings. The van der Waals surface area contributed by atoms with Crippen LogP contribution in [0.1, 0.15) is 30.4 Å². The van der Waals surface area contributed by atoms with Crippen LogP contribution in [-0.2, 0) is 15.9 Å². The first kappa shape index (κ1) is 22.0. The fourth-order valence-electron chi connectivity index (χ4n) is 4.64. The molecule has 0 bridgehead atoms. The van der Waals surface area contributed by atoms with E-state index in [0.29, 0.717) is 19.0 Å². The molecular weight excluding hydrogens is 418 g/mol. The summed E-state index contributed by atoms with van der Waals surface area (Å²) in [5, 5.41) is 10.1. The van der Waals surface area contributed by atoms with Crippen LogP contribution >= 0.6 is 0 Å². The Balaban J connectivity index is 1.44. The number of aliphatic hydroxyl groups excluding tert-OH is 1. The van der Waals surface area contributed by atoms with E-state index in [4.69, 9.17) is 19.6 Å². The van der Waals surface area contributed by atoms with Gasteiger partial charge in [-0.15, -0.1) is 0 Å².